The predicted molar refractivity (Wildman–Crippen MR) is 78.0 cm³/mol. The summed E-state index contributed by atoms with van der Waals surface area (Å²) in [6.45, 7) is 2.23. The molecule has 1 nitrogen and oxygen atoms in total. The second kappa shape index (κ2) is 4.77. The van der Waals surface area contributed by atoms with Gasteiger partial charge in [0.1, 0.15) is 11.5 Å². The van der Waals surface area contributed by atoms with E-state index < -0.39 is 0 Å². The zero-order valence-corrected chi connectivity index (χ0v) is 11.9. The summed E-state index contributed by atoms with van der Waals surface area (Å²) in [6, 6.07) is 14.8. The van der Waals surface area contributed by atoms with Crippen LogP contribution < -0.4 is 4.74 Å². The third-order valence-electron chi connectivity index (χ3n) is 3.46. The van der Waals surface area contributed by atoms with Gasteiger partial charge < -0.3 is 4.74 Å². The summed E-state index contributed by atoms with van der Waals surface area (Å²) in [4.78, 5) is 0. The molecule has 2 heteroatoms. The maximum absolute atomic E-state index is 5.93. The van der Waals surface area contributed by atoms with Crippen LogP contribution in [0.5, 0.6) is 11.5 Å². The normalized spacial score (nSPS) is 14.3. The molecule has 2 aromatic rings. The van der Waals surface area contributed by atoms with E-state index in [9.17, 15) is 0 Å². The second-order valence-corrected chi connectivity index (χ2v) is 5.46. The molecule has 18 heavy (non-hydrogen) atoms. The molecule has 0 bridgehead atoms. The van der Waals surface area contributed by atoms with Crippen molar-refractivity contribution >= 4 is 15.9 Å². The van der Waals surface area contributed by atoms with E-state index in [0.717, 1.165) is 23.2 Å². The van der Waals surface area contributed by atoms with Crippen LogP contribution in [0, 0.1) is 0 Å². The zero-order valence-electron chi connectivity index (χ0n) is 10.3. The first-order chi connectivity index (χ1) is 8.78. The average molecular weight is 303 g/mol. The molecule has 1 unspecified atom stereocenters. The topological polar surface area (TPSA) is 9.23 Å². The Kier molecular flexibility index (Phi) is 3.13. The molecular formula is C16H15BrO. The summed E-state index contributed by atoms with van der Waals surface area (Å²) < 4.78 is 5.93. The fraction of sp³-hybridized carbons (Fsp3) is 0.250. The summed E-state index contributed by atoms with van der Waals surface area (Å²) in [5.74, 6) is 2.53. The fourth-order valence-electron chi connectivity index (χ4n) is 2.31. The number of ether oxygens (including phenoxy) is 1. The highest BCUT2D eigenvalue weighted by molar-refractivity contribution is 9.09. The highest BCUT2D eigenvalue weighted by Crippen LogP contribution is 2.37. The molecule has 3 rings (SSSR count). The number of para-hydroxylation sites is 1. The van der Waals surface area contributed by atoms with Crippen molar-refractivity contribution in [2.75, 3.05) is 5.33 Å². The first kappa shape index (κ1) is 11.8. The molecular weight excluding hydrogens is 288 g/mol. The fourth-order valence-corrected chi connectivity index (χ4v) is 2.68. The Bertz CT molecular complexity index is 577. The minimum absolute atomic E-state index is 0.535. The molecule has 0 amide bonds. The van der Waals surface area contributed by atoms with E-state index in [1.807, 2.05) is 12.1 Å². The maximum Gasteiger partial charge on any atom is 0.130 e. The number of halogens is 1. The minimum atomic E-state index is 0.535. The van der Waals surface area contributed by atoms with E-state index in [0.29, 0.717) is 5.92 Å². The number of fused-ring (bicyclic) bond motifs is 2. The summed E-state index contributed by atoms with van der Waals surface area (Å²) in [5, 5.41) is 0.989. The summed E-state index contributed by atoms with van der Waals surface area (Å²) >= 11 is 3.54. The van der Waals surface area contributed by atoms with Gasteiger partial charge in [-0.1, -0.05) is 53.2 Å². The van der Waals surface area contributed by atoms with Gasteiger partial charge in [-0.3, -0.25) is 0 Å². The van der Waals surface area contributed by atoms with E-state index in [2.05, 4.69) is 53.2 Å². The van der Waals surface area contributed by atoms with Crippen molar-refractivity contribution in [3.8, 4) is 11.5 Å². The van der Waals surface area contributed by atoms with E-state index in [4.69, 9.17) is 4.74 Å². The zero-order chi connectivity index (χ0) is 12.5. The standard InChI is InChI=1S/C16H15BrO/c1-11(10-17)12-6-7-16-14(8-12)9-13-4-2-3-5-15(13)18-16/h2-8,11H,9-10H2,1H3. The largest absolute Gasteiger partial charge is 0.457 e. The Morgan fingerprint density at radius 1 is 1.11 bits per heavy atom. The second-order valence-electron chi connectivity index (χ2n) is 4.81. The molecule has 0 fully saturated rings. The lowest BCUT2D eigenvalue weighted by molar-refractivity contribution is 0.459. The van der Waals surface area contributed by atoms with Crippen LogP contribution in [0.25, 0.3) is 0 Å². The summed E-state index contributed by atoms with van der Waals surface area (Å²) in [6.07, 6.45) is 0.967. The predicted octanol–water partition coefficient (Wildman–Crippen LogP) is 4.88. The van der Waals surface area contributed by atoms with Crippen LogP contribution in [-0.2, 0) is 6.42 Å². The van der Waals surface area contributed by atoms with E-state index in [-0.39, 0.29) is 0 Å². The average Bonchev–Trinajstić information content (AvgIpc) is 2.43. The minimum Gasteiger partial charge on any atom is -0.457 e. The number of hydrogen-bond acceptors (Lipinski definition) is 1. The molecule has 0 N–H and O–H groups in total. The molecule has 1 aliphatic rings. The van der Waals surface area contributed by atoms with Crippen molar-refractivity contribution in [1.82, 2.24) is 0 Å². The van der Waals surface area contributed by atoms with Crippen LogP contribution in [0.3, 0.4) is 0 Å². The van der Waals surface area contributed by atoms with E-state index in [1.165, 1.54) is 16.7 Å². The first-order valence-electron chi connectivity index (χ1n) is 6.22. The quantitative estimate of drug-likeness (QED) is 0.613. The molecule has 1 heterocycles. The number of benzene rings is 2. The summed E-state index contributed by atoms with van der Waals surface area (Å²) in [7, 11) is 0. The maximum atomic E-state index is 5.93. The monoisotopic (exact) mass is 302 g/mol. The van der Waals surface area contributed by atoms with Gasteiger partial charge in [0.05, 0.1) is 0 Å². The number of rotatable bonds is 2. The van der Waals surface area contributed by atoms with Crippen LogP contribution in [0.1, 0.15) is 29.5 Å². The Morgan fingerprint density at radius 3 is 2.72 bits per heavy atom. The van der Waals surface area contributed by atoms with Crippen molar-refractivity contribution in [2.24, 2.45) is 0 Å². The third-order valence-corrected chi connectivity index (χ3v) is 4.43. The SMILES string of the molecule is CC(CBr)c1ccc2c(c1)Cc1ccccc1O2. The lowest BCUT2D eigenvalue weighted by atomic mass is 9.95. The van der Waals surface area contributed by atoms with Crippen LogP contribution in [0.15, 0.2) is 42.5 Å². The van der Waals surface area contributed by atoms with Gasteiger partial charge in [0.15, 0.2) is 0 Å². The highest BCUT2D eigenvalue weighted by Gasteiger charge is 2.17. The smallest absolute Gasteiger partial charge is 0.130 e. The van der Waals surface area contributed by atoms with Gasteiger partial charge >= 0.3 is 0 Å². The number of hydrogen-bond donors (Lipinski definition) is 0. The molecule has 0 aliphatic carbocycles. The van der Waals surface area contributed by atoms with Gasteiger partial charge in [-0.15, -0.1) is 0 Å². The van der Waals surface area contributed by atoms with Crippen molar-refractivity contribution in [3.05, 3.63) is 59.2 Å². The summed E-state index contributed by atoms with van der Waals surface area (Å²) in [5.41, 5.74) is 3.93. The molecule has 2 aromatic carbocycles. The highest BCUT2D eigenvalue weighted by atomic mass is 79.9. The molecule has 1 atom stereocenters. The van der Waals surface area contributed by atoms with E-state index in [1.54, 1.807) is 0 Å². The molecule has 0 saturated carbocycles. The Morgan fingerprint density at radius 2 is 1.89 bits per heavy atom. The Balaban J connectivity index is 1.98. The van der Waals surface area contributed by atoms with Gasteiger partial charge in [-0.2, -0.15) is 0 Å². The Labute approximate surface area is 116 Å². The van der Waals surface area contributed by atoms with Crippen LogP contribution in [0.4, 0.5) is 0 Å². The van der Waals surface area contributed by atoms with Crippen molar-refractivity contribution in [3.63, 3.8) is 0 Å². The third kappa shape index (κ3) is 2.05. The van der Waals surface area contributed by atoms with Gasteiger partial charge in [-0.05, 0) is 34.7 Å². The van der Waals surface area contributed by atoms with Crippen molar-refractivity contribution < 1.29 is 4.74 Å². The molecule has 0 saturated heterocycles. The molecule has 0 radical (unpaired) electrons. The molecule has 1 aliphatic heterocycles. The van der Waals surface area contributed by atoms with Gasteiger partial charge in [0.25, 0.3) is 0 Å². The van der Waals surface area contributed by atoms with Crippen LogP contribution in [0.2, 0.25) is 0 Å². The lowest BCUT2D eigenvalue weighted by Gasteiger charge is -2.21. The Hall–Kier alpha value is -1.28. The molecule has 0 spiro atoms. The van der Waals surface area contributed by atoms with Crippen LogP contribution >= 0.6 is 15.9 Å². The first-order valence-corrected chi connectivity index (χ1v) is 7.34. The van der Waals surface area contributed by atoms with Gasteiger partial charge in [0, 0.05) is 11.8 Å². The van der Waals surface area contributed by atoms with Gasteiger partial charge in [-0.25, -0.2) is 0 Å². The van der Waals surface area contributed by atoms with Crippen molar-refractivity contribution in [1.29, 1.82) is 0 Å². The van der Waals surface area contributed by atoms with Crippen molar-refractivity contribution in [2.45, 2.75) is 19.3 Å². The van der Waals surface area contributed by atoms with Gasteiger partial charge in [0.2, 0.25) is 0 Å². The molecule has 92 valence electrons. The lowest BCUT2D eigenvalue weighted by Crippen LogP contribution is -2.04. The molecule has 0 aromatic heterocycles. The van der Waals surface area contributed by atoms with Crippen LogP contribution in [-0.4, -0.2) is 5.33 Å². The van der Waals surface area contributed by atoms with E-state index >= 15 is 0 Å². The number of alkyl halides is 1.